The van der Waals surface area contributed by atoms with Gasteiger partial charge in [-0.15, -0.1) is 0 Å². The second-order valence-electron chi connectivity index (χ2n) is 15.2. The third-order valence-electron chi connectivity index (χ3n) is 11.6. The molecule has 0 unspecified atom stereocenters. The number of fused-ring (bicyclic) bond motifs is 7. The molecule has 0 saturated heterocycles. The van der Waals surface area contributed by atoms with E-state index in [1.54, 1.807) is 6.20 Å². The highest BCUT2D eigenvalue weighted by Crippen LogP contribution is 2.39. The van der Waals surface area contributed by atoms with Crippen molar-refractivity contribution in [1.29, 1.82) is 0 Å². The van der Waals surface area contributed by atoms with Crippen molar-refractivity contribution in [3.63, 3.8) is 0 Å². The van der Waals surface area contributed by atoms with Crippen molar-refractivity contribution in [2.75, 3.05) is 0 Å². The molecule has 0 fully saturated rings. The Balaban J connectivity index is 1.08. The van der Waals surface area contributed by atoms with Gasteiger partial charge in [0.2, 0.25) is 0 Å². The lowest BCUT2D eigenvalue weighted by atomic mass is 9.94. The zero-order valence-electron chi connectivity index (χ0n) is 32.2. The fourth-order valence-electron chi connectivity index (χ4n) is 8.58. The Morgan fingerprint density at radius 3 is 1.53 bits per heavy atom. The highest BCUT2D eigenvalue weighted by atomic mass is 16.3. The molecular formula is C55H33N3O2. The van der Waals surface area contributed by atoms with Crippen LogP contribution in [0.5, 0.6) is 0 Å². The van der Waals surface area contributed by atoms with E-state index < -0.39 is 0 Å². The standard InChI is InChI=1S/C55H33N3O2/c1-2-12-43-35(9-1)10-7-15-44(43)50-32-49(36-20-18-34(19-21-36)39-11-8-26-56-33-39)57-55(58-50)42-28-40(37-22-24-53-47(30-37)45-13-3-5-16-51(45)59-53)27-41(29-42)38-23-25-54-48(31-38)46-14-4-6-17-52(46)60-54/h1-33H. The lowest BCUT2D eigenvalue weighted by Gasteiger charge is -2.14. The number of hydrogen-bond acceptors (Lipinski definition) is 5. The first-order valence-corrected chi connectivity index (χ1v) is 20.1. The molecule has 0 saturated carbocycles. The Labute approximate surface area is 344 Å². The Hall–Kier alpha value is -8.15. The second kappa shape index (κ2) is 13.8. The van der Waals surface area contributed by atoms with Crippen LogP contribution in [0.3, 0.4) is 0 Å². The third kappa shape index (κ3) is 5.83. The van der Waals surface area contributed by atoms with E-state index in [1.807, 2.05) is 36.5 Å². The van der Waals surface area contributed by atoms with Crippen LogP contribution in [0.2, 0.25) is 0 Å². The summed E-state index contributed by atoms with van der Waals surface area (Å²) < 4.78 is 12.5. The van der Waals surface area contributed by atoms with Gasteiger partial charge in [-0.3, -0.25) is 4.98 Å². The van der Waals surface area contributed by atoms with Crippen molar-refractivity contribution in [1.82, 2.24) is 15.0 Å². The van der Waals surface area contributed by atoms with Crippen LogP contribution in [0.4, 0.5) is 0 Å². The van der Waals surface area contributed by atoms with Crippen molar-refractivity contribution in [3.05, 3.63) is 200 Å². The van der Waals surface area contributed by atoms with Crippen LogP contribution in [0.15, 0.2) is 209 Å². The van der Waals surface area contributed by atoms with Gasteiger partial charge in [-0.1, -0.05) is 121 Å². The van der Waals surface area contributed by atoms with Crippen molar-refractivity contribution >= 4 is 54.6 Å². The maximum absolute atomic E-state index is 6.24. The molecule has 60 heavy (non-hydrogen) atoms. The van der Waals surface area contributed by atoms with Gasteiger partial charge in [0.05, 0.1) is 11.4 Å². The summed E-state index contributed by atoms with van der Waals surface area (Å²) >= 11 is 0. The van der Waals surface area contributed by atoms with Crippen molar-refractivity contribution < 1.29 is 8.83 Å². The van der Waals surface area contributed by atoms with Gasteiger partial charge >= 0.3 is 0 Å². The van der Waals surface area contributed by atoms with Gasteiger partial charge in [-0.05, 0) is 111 Å². The quantitative estimate of drug-likeness (QED) is 0.169. The second-order valence-corrected chi connectivity index (χ2v) is 15.2. The summed E-state index contributed by atoms with van der Waals surface area (Å²) in [6, 6.07) is 65.6. The summed E-state index contributed by atoms with van der Waals surface area (Å²) in [5.74, 6) is 0.638. The summed E-state index contributed by atoms with van der Waals surface area (Å²) in [6.07, 6.45) is 3.69. The molecule has 0 aliphatic carbocycles. The summed E-state index contributed by atoms with van der Waals surface area (Å²) in [7, 11) is 0. The molecule has 4 aromatic heterocycles. The molecule has 12 rings (SSSR count). The third-order valence-corrected chi connectivity index (χ3v) is 11.6. The number of furan rings is 2. The first kappa shape index (κ1) is 33.9. The Kier molecular flexibility index (Phi) is 7.78. The smallest absolute Gasteiger partial charge is 0.160 e. The Morgan fingerprint density at radius 1 is 0.317 bits per heavy atom. The molecule has 0 N–H and O–H groups in total. The molecule has 0 spiro atoms. The SMILES string of the molecule is c1cncc(-c2ccc(-c3cc(-c4cccc5ccccc45)nc(-c4cc(-c5ccc6oc7ccccc7c6c5)cc(-c5ccc6oc7ccccc7c6c5)c4)n3)cc2)c1. The van der Waals surface area contributed by atoms with Crippen molar-refractivity contribution in [2.24, 2.45) is 0 Å². The minimum Gasteiger partial charge on any atom is -0.456 e. The monoisotopic (exact) mass is 767 g/mol. The van der Waals surface area contributed by atoms with Gasteiger partial charge in [0.25, 0.3) is 0 Å². The van der Waals surface area contributed by atoms with Gasteiger partial charge in [0.15, 0.2) is 5.82 Å². The van der Waals surface area contributed by atoms with Gasteiger partial charge in [-0.25, -0.2) is 9.97 Å². The summed E-state index contributed by atoms with van der Waals surface area (Å²) in [5.41, 5.74) is 14.5. The van der Waals surface area contributed by atoms with E-state index in [4.69, 9.17) is 18.8 Å². The van der Waals surface area contributed by atoms with Crippen LogP contribution >= 0.6 is 0 Å². The minimum atomic E-state index is 0.638. The number of aromatic nitrogens is 3. The van der Waals surface area contributed by atoms with E-state index in [0.717, 1.165) is 116 Å². The van der Waals surface area contributed by atoms with Gasteiger partial charge in [0, 0.05) is 50.6 Å². The van der Waals surface area contributed by atoms with E-state index in [2.05, 4.69) is 163 Å². The molecule has 4 heterocycles. The lowest BCUT2D eigenvalue weighted by molar-refractivity contribution is 0.668. The summed E-state index contributed by atoms with van der Waals surface area (Å²) in [6.45, 7) is 0. The van der Waals surface area contributed by atoms with E-state index in [0.29, 0.717) is 5.82 Å². The van der Waals surface area contributed by atoms with Crippen LogP contribution in [0.25, 0.3) is 122 Å². The highest BCUT2D eigenvalue weighted by molar-refractivity contribution is 6.08. The molecule has 0 radical (unpaired) electrons. The van der Waals surface area contributed by atoms with Crippen LogP contribution in [-0.4, -0.2) is 15.0 Å². The molecule has 0 amide bonds. The summed E-state index contributed by atoms with van der Waals surface area (Å²) in [4.78, 5) is 15.1. The van der Waals surface area contributed by atoms with Crippen LogP contribution in [-0.2, 0) is 0 Å². The van der Waals surface area contributed by atoms with Crippen LogP contribution < -0.4 is 0 Å². The van der Waals surface area contributed by atoms with E-state index in [1.165, 1.54) is 0 Å². The highest BCUT2D eigenvalue weighted by Gasteiger charge is 2.17. The zero-order chi connectivity index (χ0) is 39.6. The fourth-order valence-corrected chi connectivity index (χ4v) is 8.58. The topological polar surface area (TPSA) is 65.0 Å². The lowest BCUT2D eigenvalue weighted by Crippen LogP contribution is -1.97. The van der Waals surface area contributed by atoms with Gasteiger partial charge in [-0.2, -0.15) is 0 Å². The average molecular weight is 768 g/mol. The molecule has 0 aliphatic rings. The minimum absolute atomic E-state index is 0.638. The summed E-state index contributed by atoms with van der Waals surface area (Å²) in [5, 5.41) is 6.63. The van der Waals surface area contributed by atoms with Gasteiger partial charge < -0.3 is 8.83 Å². The number of pyridine rings is 1. The predicted molar refractivity (Wildman–Crippen MR) is 245 cm³/mol. The number of nitrogens with zero attached hydrogens (tertiary/aromatic N) is 3. The number of rotatable bonds is 6. The van der Waals surface area contributed by atoms with Gasteiger partial charge in [0.1, 0.15) is 22.3 Å². The average Bonchev–Trinajstić information content (AvgIpc) is 3.89. The van der Waals surface area contributed by atoms with Crippen molar-refractivity contribution in [3.8, 4) is 67.3 Å². The molecule has 0 atom stereocenters. The molecule has 5 heteroatoms. The number of benzene rings is 8. The maximum atomic E-state index is 6.24. The Morgan fingerprint density at radius 2 is 0.867 bits per heavy atom. The zero-order valence-corrected chi connectivity index (χ0v) is 32.2. The molecule has 0 aliphatic heterocycles. The molecule has 280 valence electrons. The predicted octanol–water partition coefficient (Wildman–Crippen LogP) is 14.8. The molecule has 0 bridgehead atoms. The van der Waals surface area contributed by atoms with Crippen molar-refractivity contribution in [2.45, 2.75) is 0 Å². The fraction of sp³-hybridized carbons (Fsp3) is 0. The van der Waals surface area contributed by atoms with E-state index in [-0.39, 0.29) is 0 Å². The Bertz CT molecular complexity index is 3470. The van der Waals surface area contributed by atoms with Crippen LogP contribution in [0, 0.1) is 0 Å². The first-order chi connectivity index (χ1) is 29.7. The normalized spacial score (nSPS) is 11.7. The number of hydrogen-bond donors (Lipinski definition) is 0. The molecular weight excluding hydrogens is 735 g/mol. The maximum Gasteiger partial charge on any atom is 0.160 e. The number of para-hydroxylation sites is 2. The van der Waals surface area contributed by atoms with Crippen LogP contribution in [0.1, 0.15) is 0 Å². The molecule has 12 aromatic rings. The van der Waals surface area contributed by atoms with E-state index >= 15 is 0 Å². The first-order valence-electron chi connectivity index (χ1n) is 20.1. The van der Waals surface area contributed by atoms with E-state index in [9.17, 15) is 0 Å². The molecule has 5 nitrogen and oxygen atoms in total. The largest absolute Gasteiger partial charge is 0.456 e. The molecule has 8 aromatic carbocycles.